The van der Waals surface area contributed by atoms with E-state index < -0.39 is 34.8 Å². The number of H-pyrrole nitrogens is 1. The van der Waals surface area contributed by atoms with Gasteiger partial charge in [-0.15, -0.1) is 0 Å². The quantitative estimate of drug-likeness (QED) is 0.464. The van der Waals surface area contributed by atoms with Gasteiger partial charge in [0.05, 0.1) is 11.1 Å². The molecular formula is C21H14ClF2N3O2. The monoisotopic (exact) mass is 413 g/mol. The van der Waals surface area contributed by atoms with Crippen LogP contribution in [0.3, 0.4) is 0 Å². The van der Waals surface area contributed by atoms with Crippen molar-refractivity contribution in [2.24, 2.45) is 5.73 Å². The Morgan fingerprint density at radius 3 is 2.55 bits per heavy atom. The number of nitrogens with one attached hydrogen (secondary N) is 1. The lowest BCUT2D eigenvalue weighted by Gasteiger charge is -2.14. The van der Waals surface area contributed by atoms with Crippen LogP contribution >= 0.6 is 11.6 Å². The number of nitrogens with two attached hydrogens (primary N) is 1. The summed E-state index contributed by atoms with van der Waals surface area (Å²) in [5, 5.41) is 11.8. The summed E-state index contributed by atoms with van der Waals surface area (Å²) >= 11 is 5.92. The van der Waals surface area contributed by atoms with Crippen molar-refractivity contribution in [2.75, 3.05) is 0 Å². The van der Waals surface area contributed by atoms with Gasteiger partial charge >= 0.3 is 0 Å². The second kappa shape index (κ2) is 7.27. The average molecular weight is 414 g/mol. The molecule has 5 nitrogen and oxygen atoms in total. The number of rotatable bonds is 4. The van der Waals surface area contributed by atoms with Crippen molar-refractivity contribution in [3.63, 3.8) is 0 Å². The zero-order valence-electron chi connectivity index (χ0n) is 14.8. The molecule has 1 atom stereocenters. The Balaban J connectivity index is 1.84. The van der Waals surface area contributed by atoms with Gasteiger partial charge in [0.2, 0.25) is 0 Å². The number of carbonyl (C=O) groups is 1. The summed E-state index contributed by atoms with van der Waals surface area (Å²) in [6.45, 7) is 0. The molecule has 0 saturated heterocycles. The number of carbonyl (C=O) groups excluding carboxylic acids is 1. The van der Waals surface area contributed by atoms with E-state index in [-0.39, 0.29) is 5.56 Å². The standard InChI is InChI=1S/C21H14ClF2N3O2/c22-12-3-1-10(2-4-12)11-7-14-15(9-27-21(14)26-8-11)19(28)17-16(23)6-5-13(18(17)24)20(25)29/h1-9,19,28H,(H2,25,29)(H,26,27). The Kier molecular flexibility index (Phi) is 4.77. The number of aliphatic hydroxyl groups excluding tert-OH is 1. The predicted molar refractivity (Wildman–Crippen MR) is 105 cm³/mol. The van der Waals surface area contributed by atoms with E-state index in [1.165, 1.54) is 6.20 Å². The second-order valence-electron chi connectivity index (χ2n) is 6.46. The first-order chi connectivity index (χ1) is 13.9. The molecular weight excluding hydrogens is 400 g/mol. The van der Waals surface area contributed by atoms with Gasteiger partial charge in [-0.25, -0.2) is 13.8 Å². The first kappa shape index (κ1) is 19.0. The predicted octanol–water partition coefficient (Wildman–Crippen LogP) is 4.34. The van der Waals surface area contributed by atoms with E-state index in [0.717, 1.165) is 23.3 Å². The number of amides is 1. The van der Waals surface area contributed by atoms with Crippen molar-refractivity contribution in [1.29, 1.82) is 0 Å². The minimum atomic E-state index is -1.68. The van der Waals surface area contributed by atoms with E-state index in [0.29, 0.717) is 16.1 Å². The molecule has 4 rings (SSSR count). The van der Waals surface area contributed by atoms with Crippen LogP contribution in [0.5, 0.6) is 0 Å². The Hall–Kier alpha value is -3.29. The summed E-state index contributed by atoms with van der Waals surface area (Å²) in [7, 11) is 0. The first-order valence-corrected chi connectivity index (χ1v) is 8.93. The third-order valence-corrected chi connectivity index (χ3v) is 4.95. The average Bonchev–Trinajstić information content (AvgIpc) is 3.11. The van der Waals surface area contributed by atoms with Crippen LogP contribution < -0.4 is 5.73 Å². The van der Waals surface area contributed by atoms with Crippen LogP contribution in [-0.4, -0.2) is 21.0 Å². The van der Waals surface area contributed by atoms with Crippen molar-refractivity contribution in [2.45, 2.75) is 6.10 Å². The number of aromatic amines is 1. The van der Waals surface area contributed by atoms with E-state index in [4.69, 9.17) is 17.3 Å². The Morgan fingerprint density at radius 1 is 1.14 bits per heavy atom. The number of nitrogens with zero attached hydrogens (tertiary/aromatic N) is 1. The van der Waals surface area contributed by atoms with Gasteiger partial charge in [-0.3, -0.25) is 4.79 Å². The van der Waals surface area contributed by atoms with Gasteiger partial charge in [0, 0.05) is 33.9 Å². The van der Waals surface area contributed by atoms with Crippen LogP contribution in [0.4, 0.5) is 8.78 Å². The number of aromatic nitrogens is 2. The SMILES string of the molecule is NC(=O)c1ccc(F)c(C(O)c2c[nH]c3ncc(-c4ccc(Cl)cc4)cc23)c1F. The maximum atomic E-state index is 14.7. The number of pyridine rings is 1. The van der Waals surface area contributed by atoms with Gasteiger partial charge in [-0.2, -0.15) is 0 Å². The molecule has 0 saturated carbocycles. The summed E-state index contributed by atoms with van der Waals surface area (Å²) < 4.78 is 29.0. The molecule has 0 aliphatic heterocycles. The molecule has 0 fully saturated rings. The Bertz CT molecular complexity index is 1240. The number of fused-ring (bicyclic) bond motifs is 1. The summed E-state index contributed by atoms with van der Waals surface area (Å²) in [4.78, 5) is 18.6. The van der Waals surface area contributed by atoms with Crippen LogP contribution in [0, 0.1) is 11.6 Å². The van der Waals surface area contributed by atoms with E-state index in [1.807, 2.05) is 12.1 Å². The molecule has 1 unspecified atom stereocenters. The van der Waals surface area contributed by atoms with E-state index in [9.17, 15) is 18.7 Å². The minimum Gasteiger partial charge on any atom is -0.383 e. The van der Waals surface area contributed by atoms with Gasteiger partial charge < -0.3 is 15.8 Å². The Labute approximate surface area is 168 Å². The normalized spacial score (nSPS) is 12.3. The Morgan fingerprint density at radius 2 is 1.86 bits per heavy atom. The molecule has 0 radical (unpaired) electrons. The third-order valence-electron chi connectivity index (χ3n) is 4.70. The fourth-order valence-electron chi connectivity index (χ4n) is 3.22. The van der Waals surface area contributed by atoms with E-state index in [2.05, 4.69) is 9.97 Å². The molecule has 0 bridgehead atoms. The number of hydrogen-bond donors (Lipinski definition) is 3. The van der Waals surface area contributed by atoms with Crippen molar-refractivity contribution in [3.8, 4) is 11.1 Å². The molecule has 0 aliphatic carbocycles. The fourth-order valence-corrected chi connectivity index (χ4v) is 3.34. The topological polar surface area (TPSA) is 92.0 Å². The lowest BCUT2D eigenvalue weighted by atomic mass is 9.97. The summed E-state index contributed by atoms with van der Waals surface area (Å²) in [5.74, 6) is -3.24. The van der Waals surface area contributed by atoms with Gasteiger partial charge in [-0.1, -0.05) is 23.7 Å². The van der Waals surface area contributed by atoms with Crippen LogP contribution in [0.2, 0.25) is 5.02 Å². The number of aliphatic hydroxyl groups is 1. The zero-order chi connectivity index (χ0) is 20.7. The van der Waals surface area contributed by atoms with Gasteiger partial charge in [-0.05, 0) is 35.9 Å². The van der Waals surface area contributed by atoms with Crippen LogP contribution in [0.1, 0.15) is 27.6 Å². The maximum Gasteiger partial charge on any atom is 0.251 e. The van der Waals surface area contributed by atoms with E-state index in [1.54, 1.807) is 24.4 Å². The molecule has 2 aromatic carbocycles. The van der Waals surface area contributed by atoms with Gasteiger partial charge in [0.1, 0.15) is 23.4 Å². The van der Waals surface area contributed by atoms with Gasteiger partial charge in [0.15, 0.2) is 0 Å². The van der Waals surface area contributed by atoms with Crippen LogP contribution in [0.15, 0.2) is 54.9 Å². The number of primary amides is 1. The molecule has 2 heterocycles. The summed E-state index contributed by atoms with van der Waals surface area (Å²) in [6.07, 6.45) is 1.38. The van der Waals surface area contributed by atoms with Crippen molar-refractivity contribution < 1.29 is 18.7 Å². The summed E-state index contributed by atoms with van der Waals surface area (Å²) in [5.41, 5.74) is 6.18. The molecule has 29 heavy (non-hydrogen) atoms. The molecule has 0 aliphatic rings. The number of benzene rings is 2. The first-order valence-electron chi connectivity index (χ1n) is 8.55. The fraction of sp³-hybridized carbons (Fsp3) is 0.0476. The number of hydrogen-bond acceptors (Lipinski definition) is 3. The molecule has 4 aromatic rings. The van der Waals surface area contributed by atoms with Crippen LogP contribution in [0.25, 0.3) is 22.2 Å². The highest BCUT2D eigenvalue weighted by Crippen LogP contribution is 2.34. The smallest absolute Gasteiger partial charge is 0.251 e. The van der Waals surface area contributed by atoms with Crippen molar-refractivity contribution in [1.82, 2.24) is 9.97 Å². The molecule has 146 valence electrons. The molecule has 8 heteroatoms. The second-order valence-corrected chi connectivity index (χ2v) is 6.90. The zero-order valence-corrected chi connectivity index (χ0v) is 15.5. The summed E-state index contributed by atoms with van der Waals surface area (Å²) in [6, 6.07) is 10.7. The maximum absolute atomic E-state index is 14.7. The van der Waals surface area contributed by atoms with Gasteiger partial charge in [0.25, 0.3) is 5.91 Å². The highest BCUT2D eigenvalue weighted by Gasteiger charge is 2.26. The molecule has 2 aromatic heterocycles. The molecule has 1 amide bonds. The highest BCUT2D eigenvalue weighted by molar-refractivity contribution is 6.30. The van der Waals surface area contributed by atoms with Crippen molar-refractivity contribution >= 4 is 28.5 Å². The van der Waals surface area contributed by atoms with Crippen LogP contribution in [-0.2, 0) is 0 Å². The highest BCUT2D eigenvalue weighted by atomic mass is 35.5. The third kappa shape index (κ3) is 3.35. The van der Waals surface area contributed by atoms with Crippen molar-refractivity contribution in [3.05, 3.63) is 88.2 Å². The number of halogens is 3. The molecule has 4 N–H and O–H groups in total. The van der Waals surface area contributed by atoms with E-state index >= 15 is 0 Å². The largest absolute Gasteiger partial charge is 0.383 e. The lowest BCUT2D eigenvalue weighted by Crippen LogP contribution is -2.16. The molecule has 0 spiro atoms. The minimum absolute atomic E-state index is 0.211. The lowest BCUT2D eigenvalue weighted by molar-refractivity contribution is 0.0995.